The molecule has 0 radical (unpaired) electrons. The Morgan fingerprint density at radius 1 is 1.41 bits per heavy atom. The van der Waals surface area contributed by atoms with Crippen molar-refractivity contribution in [3.8, 4) is 0 Å². The number of hydrogen-bond acceptors (Lipinski definition) is 3. The second-order valence-electron chi connectivity index (χ2n) is 6.41. The van der Waals surface area contributed by atoms with Crippen molar-refractivity contribution in [3.05, 3.63) is 0 Å². The zero-order valence-corrected chi connectivity index (χ0v) is 11.0. The molecule has 17 heavy (non-hydrogen) atoms. The van der Waals surface area contributed by atoms with E-state index in [-0.39, 0.29) is 5.60 Å². The van der Waals surface area contributed by atoms with Crippen LogP contribution in [0.4, 0.5) is 0 Å². The summed E-state index contributed by atoms with van der Waals surface area (Å²) in [5.41, 5.74) is 6.11. The van der Waals surface area contributed by atoms with Gasteiger partial charge in [0, 0.05) is 25.2 Å². The first kappa shape index (κ1) is 11.9. The average molecular weight is 238 g/mol. The lowest BCUT2D eigenvalue weighted by Gasteiger charge is -2.49. The van der Waals surface area contributed by atoms with Crippen molar-refractivity contribution in [1.29, 1.82) is 0 Å². The van der Waals surface area contributed by atoms with Crippen LogP contribution in [0, 0.1) is 5.92 Å². The van der Waals surface area contributed by atoms with Gasteiger partial charge in [-0.15, -0.1) is 0 Å². The third-order valence-electron chi connectivity index (χ3n) is 5.24. The van der Waals surface area contributed by atoms with E-state index in [0.717, 1.165) is 31.2 Å². The van der Waals surface area contributed by atoms with Crippen molar-refractivity contribution in [3.63, 3.8) is 0 Å². The van der Waals surface area contributed by atoms with Gasteiger partial charge in [-0.25, -0.2) is 0 Å². The SMILES string of the molecule is CC1CC(CN)CN1C1CCOC2(CCC2)C1. The molecular formula is C14H26N2O. The first-order chi connectivity index (χ1) is 8.22. The molecule has 3 atom stereocenters. The minimum atomic E-state index is 0.281. The van der Waals surface area contributed by atoms with Gasteiger partial charge >= 0.3 is 0 Å². The minimum Gasteiger partial charge on any atom is -0.375 e. The number of hydrogen-bond donors (Lipinski definition) is 1. The lowest BCUT2D eigenvalue weighted by Crippen LogP contribution is -2.52. The Kier molecular flexibility index (Phi) is 3.18. The fourth-order valence-electron chi connectivity index (χ4n) is 4.05. The van der Waals surface area contributed by atoms with E-state index in [2.05, 4.69) is 11.8 Å². The standard InChI is InChI=1S/C14H26N2O/c1-11-7-12(9-15)10-16(11)13-3-6-17-14(8-13)4-2-5-14/h11-13H,2-10,15H2,1H3. The molecule has 2 N–H and O–H groups in total. The fourth-order valence-corrected chi connectivity index (χ4v) is 4.05. The molecule has 0 bridgehead atoms. The molecule has 0 aromatic heterocycles. The van der Waals surface area contributed by atoms with Crippen LogP contribution in [0.15, 0.2) is 0 Å². The second-order valence-corrected chi connectivity index (χ2v) is 6.41. The number of rotatable bonds is 2. The number of nitrogens with two attached hydrogens (primary N) is 1. The summed E-state index contributed by atoms with van der Waals surface area (Å²) in [6.45, 7) is 5.42. The van der Waals surface area contributed by atoms with E-state index in [4.69, 9.17) is 10.5 Å². The number of nitrogens with zero attached hydrogens (tertiary/aromatic N) is 1. The topological polar surface area (TPSA) is 38.5 Å². The predicted molar refractivity (Wildman–Crippen MR) is 68.9 cm³/mol. The highest BCUT2D eigenvalue weighted by atomic mass is 16.5. The van der Waals surface area contributed by atoms with Crippen LogP contribution in [0.2, 0.25) is 0 Å². The largest absolute Gasteiger partial charge is 0.375 e. The van der Waals surface area contributed by atoms with Crippen LogP contribution in [0.3, 0.4) is 0 Å². The summed E-state index contributed by atoms with van der Waals surface area (Å²) in [7, 11) is 0. The maximum absolute atomic E-state index is 6.03. The molecule has 1 saturated carbocycles. The fraction of sp³-hybridized carbons (Fsp3) is 1.00. The average Bonchev–Trinajstić information content (AvgIpc) is 2.69. The molecule has 3 unspecified atom stereocenters. The lowest BCUT2D eigenvalue weighted by molar-refractivity contribution is -0.149. The molecule has 3 aliphatic rings. The Balaban J connectivity index is 1.63. The van der Waals surface area contributed by atoms with Crippen molar-refractivity contribution in [2.75, 3.05) is 19.7 Å². The van der Waals surface area contributed by atoms with Crippen molar-refractivity contribution in [2.45, 2.75) is 63.1 Å². The van der Waals surface area contributed by atoms with Gasteiger partial charge in [0.05, 0.1) is 5.60 Å². The summed E-state index contributed by atoms with van der Waals surface area (Å²) in [6.07, 6.45) is 7.75. The summed E-state index contributed by atoms with van der Waals surface area (Å²) >= 11 is 0. The van der Waals surface area contributed by atoms with E-state index in [0.29, 0.717) is 0 Å². The highest BCUT2D eigenvalue weighted by Crippen LogP contribution is 2.44. The monoisotopic (exact) mass is 238 g/mol. The Morgan fingerprint density at radius 3 is 2.82 bits per heavy atom. The lowest BCUT2D eigenvalue weighted by atomic mass is 9.73. The highest BCUT2D eigenvalue weighted by Gasteiger charge is 2.45. The summed E-state index contributed by atoms with van der Waals surface area (Å²) in [5.74, 6) is 0.727. The highest BCUT2D eigenvalue weighted by molar-refractivity contribution is 4.99. The third-order valence-corrected chi connectivity index (χ3v) is 5.24. The van der Waals surface area contributed by atoms with E-state index < -0.39 is 0 Å². The van der Waals surface area contributed by atoms with Crippen LogP contribution in [-0.4, -0.2) is 42.3 Å². The molecular weight excluding hydrogens is 212 g/mol. The van der Waals surface area contributed by atoms with Gasteiger partial charge in [0.15, 0.2) is 0 Å². The van der Waals surface area contributed by atoms with Crippen LogP contribution in [0.5, 0.6) is 0 Å². The Morgan fingerprint density at radius 2 is 2.24 bits per heavy atom. The molecule has 0 amide bonds. The van der Waals surface area contributed by atoms with Crippen molar-refractivity contribution < 1.29 is 4.74 Å². The van der Waals surface area contributed by atoms with Gasteiger partial charge in [-0.2, -0.15) is 0 Å². The van der Waals surface area contributed by atoms with E-state index in [1.165, 1.54) is 45.1 Å². The molecule has 1 spiro atoms. The van der Waals surface area contributed by atoms with Gasteiger partial charge in [0.1, 0.15) is 0 Å². The maximum Gasteiger partial charge on any atom is 0.0697 e. The number of likely N-dealkylation sites (tertiary alicyclic amines) is 1. The molecule has 3 fully saturated rings. The van der Waals surface area contributed by atoms with Crippen LogP contribution in [0.25, 0.3) is 0 Å². The van der Waals surface area contributed by atoms with Gasteiger partial charge in [-0.3, -0.25) is 4.90 Å². The molecule has 1 aliphatic carbocycles. The van der Waals surface area contributed by atoms with Crippen LogP contribution in [0.1, 0.15) is 45.4 Å². The second kappa shape index (κ2) is 4.52. The molecule has 98 valence electrons. The molecule has 0 aromatic carbocycles. The first-order valence-corrected chi connectivity index (χ1v) is 7.32. The summed E-state index contributed by atoms with van der Waals surface area (Å²) in [4.78, 5) is 2.72. The molecule has 0 aromatic rings. The van der Waals surface area contributed by atoms with Gasteiger partial charge in [-0.05, 0) is 57.9 Å². The molecule has 2 heterocycles. The van der Waals surface area contributed by atoms with Gasteiger partial charge in [-0.1, -0.05) is 0 Å². The summed E-state index contributed by atoms with van der Waals surface area (Å²) in [5, 5.41) is 0. The minimum absolute atomic E-state index is 0.281. The smallest absolute Gasteiger partial charge is 0.0697 e. The van der Waals surface area contributed by atoms with Crippen LogP contribution in [-0.2, 0) is 4.74 Å². The van der Waals surface area contributed by atoms with Crippen molar-refractivity contribution >= 4 is 0 Å². The Hall–Kier alpha value is -0.120. The van der Waals surface area contributed by atoms with Gasteiger partial charge in [0.25, 0.3) is 0 Å². The molecule has 3 nitrogen and oxygen atoms in total. The zero-order valence-electron chi connectivity index (χ0n) is 11.0. The van der Waals surface area contributed by atoms with Crippen molar-refractivity contribution in [2.24, 2.45) is 11.7 Å². The van der Waals surface area contributed by atoms with Crippen LogP contribution >= 0.6 is 0 Å². The van der Waals surface area contributed by atoms with Gasteiger partial charge in [0.2, 0.25) is 0 Å². The Labute approximate surface area is 105 Å². The molecule has 3 rings (SSSR count). The third kappa shape index (κ3) is 2.13. The predicted octanol–water partition coefficient (Wildman–Crippen LogP) is 1.76. The number of ether oxygens (including phenoxy) is 1. The summed E-state index contributed by atoms with van der Waals surface area (Å²) in [6, 6.07) is 1.49. The van der Waals surface area contributed by atoms with E-state index >= 15 is 0 Å². The quantitative estimate of drug-likeness (QED) is 0.796. The van der Waals surface area contributed by atoms with E-state index in [1.54, 1.807) is 0 Å². The molecule has 2 aliphatic heterocycles. The van der Waals surface area contributed by atoms with Crippen LogP contribution < -0.4 is 5.73 Å². The Bertz CT molecular complexity index is 277. The first-order valence-electron chi connectivity index (χ1n) is 7.32. The maximum atomic E-state index is 6.03. The normalized spacial score (nSPS) is 41.6. The van der Waals surface area contributed by atoms with Gasteiger partial charge < -0.3 is 10.5 Å². The zero-order chi connectivity index (χ0) is 11.9. The van der Waals surface area contributed by atoms with E-state index in [1.807, 2.05) is 0 Å². The molecule has 3 heteroatoms. The summed E-state index contributed by atoms with van der Waals surface area (Å²) < 4.78 is 6.03. The molecule has 2 saturated heterocycles. The van der Waals surface area contributed by atoms with Crippen molar-refractivity contribution in [1.82, 2.24) is 4.90 Å². The van der Waals surface area contributed by atoms with E-state index in [9.17, 15) is 0 Å².